The summed E-state index contributed by atoms with van der Waals surface area (Å²) in [6, 6.07) is 0. The van der Waals surface area contributed by atoms with Gasteiger partial charge in [0.2, 0.25) is 0 Å². The number of nitrogens with one attached hydrogen (secondary N) is 1. The molecule has 0 radical (unpaired) electrons. The van der Waals surface area contributed by atoms with Gasteiger partial charge in [0, 0.05) is 19.6 Å². The monoisotopic (exact) mass is 403 g/mol. The zero-order valence-electron chi connectivity index (χ0n) is 13.3. The maximum atomic E-state index is 5.87. The molecule has 1 aromatic heterocycles. The van der Waals surface area contributed by atoms with Crippen LogP contribution in [-0.2, 0) is 4.74 Å². The van der Waals surface area contributed by atoms with Gasteiger partial charge in [-0.3, -0.25) is 0 Å². The first-order chi connectivity index (χ1) is 10.2. The zero-order valence-corrected chi connectivity index (χ0v) is 15.4. The van der Waals surface area contributed by atoms with E-state index in [4.69, 9.17) is 14.7 Å². The minimum atomic E-state index is 0.0178. The lowest BCUT2D eigenvalue weighted by molar-refractivity contribution is 0.0492. The molecule has 1 aliphatic rings. The average Bonchev–Trinajstić information content (AvgIpc) is 3.01. The van der Waals surface area contributed by atoms with Gasteiger partial charge in [0.1, 0.15) is 11.9 Å². The number of hydrogen-bond acceptors (Lipinski definition) is 4. The van der Waals surface area contributed by atoms with Crippen molar-refractivity contribution in [1.29, 1.82) is 0 Å². The third kappa shape index (κ3) is 4.06. The van der Waals surface area contributed by atoms with E-state index in [1.165, 1.54) is 34.9 Å². The summed E-state index contributed by atoms with van der Waals surface area (Å²) in [5, 5.41) is 3.22. The van der Waals surface area contributed by atoms with Gasteiger partial charge in [-0.1, -0.05) is 26.2 Å². The van der Waals surface area contributed by atoms with E-state index in [-0.39, 0.29) is 6.10 Å². The van der Waals surface area contributed by atoms with Crippen LogP contribution in [0.5, 0.6) is 0 Å². The third-order valence-electron chi connectivity index (χ3n) is 4.08. The largest absolute Gasteiger partial charge is 0.372 e. The second-order valence-electron chi connectivity index (χ2n) is 5.59. The smallest absolute Gasteiger partial charge is 0.159 e. The minimum Gasteiger partial charge on any atom is -0.372 e. The summed E-state index contributed by atoms with van der Waals surface area (Å²) in [5.41, 5.74) is 1.23. The Kier molecular flexibility index (Phi) is 6.67. The molecule has 21 heavy (non-hydrogen) atoms. The number of nitrogens with zero attached hydrogens (tertiary/aromatic N) is 2. The summed E-state index contributed by atoms with van der Waals surface area (Å²) >= 11 is 2.39. The predicted octanol–water partition coefficient (Wildman–Crippen LogP) is 4.66. The Bertz CT molecular complexity index is 455. The van der Waals surface area contributed by atoms with E-state index in [0.717, 1.165) is 24.5 Å². The minimum absolute atomic E-state index is 0.0178. The van der Waals surface area contributed by atoms with Crippen LogP contribution < -0.4 is 5.32 Å². The van der Waals surface area contributed by atoms with Crippen LogP contribution in [0.15, 0.2) is 0 Å². The van der Waals surface area contributed by atoms with Crippen molar-refractivity contribution in [1.82, 2.24) is 9.97 Å². The Labute approximate surface area is 141 Å². The highest BCUT2D eigenvalue weighted by atomic mass is 127. The van der Waals surface area contributed by atoms with Crippen molar-refractivity contribution in [2.75, 3.05) is 19.0 Å². The van der Waals surface area contributed by atoms with E-state index in [9.17, 15) is 0 Å². The van der Waals surface area contributed by atoms with Crippen LogP contribution in [0.2, 0.25) is 0 Å². The first-order valence-corrected chi connectivity index (χ1v) is 9.15. The van der Waals surface area contributed by atoms with E-state index in [1.807, 2.05) is 14.0 Å². The molecule has 118 valence electrons. The molecular weight excluding hydrogens is 377 g/mol. The van der Waals surface area contributed by atoms with Crippen LogP contribution in [0.4, 0.5) is 5.82 Å². The molecule has 0 spiro atoms. The van der Waals surface area contributed by atoms with Gasteiger partial charge in [-0.05, 0) is 48.8 Å². The summed E-state index contributed by atoms with van der Waals surface area (Å²) in [4.78, 5) is 9.62. The molecule has 5 heteroatoms. The molecule has 1 saturated carbocycles. The van der Waals surface area contributed by atoms with Crippen molar-refractivity contribution < 1.29 is 4.74 Å². The molecule has 1 fully saturated rings. The van der Waals surface area contributed by atoms with Crippen LogP contribution >= 0.6 is 22.6 Å². The van der Waals surface area contributed by atoms with E-state index in [1.54, 1.807) is 0 Å². The van der Waals surface area contributed by atoms with Crippen molar-refractivity contribution in [2.45, 2.75) is 64.4 Å². The Morgan fingerprint density at radius 2 is 2.00 bits per heavy atom. The number of aromatic nitrogens is 2. The topological polar surface area (TPSA) is 47.0 Å². The van der Waals surface area contributed by atoms with Gasteiger partial charge in [0.05, 0.1) is 9.26 Å². The standard InChI is InChI=1S/C16H26IN3O/c1-4-8-12(21-5-2)15-19-14(11-9-6-7-10-11)13(17)16(18-3)20-15/h11-12H,4-10H2,1-3H3,(H,18,19,20). The fourth-order valence-corrected chi connectivity index (χ4v) is 3.96. The molecule has 1 atom stereocenters. The fourth-order valence-electron chi connectivity index (χ4n) is 3.01. The van der Waals surface area contributed by atoms with Crippen molar-refractivity contribution in [3.8, 4) is 0 Å². The number of anilines is 1. The third-order valence-corrected chi connectivity index (χ3v) is 5.14. The van der Waals surface area contributed by atoms with Gasteiger partial charge in [-0.15, -0.1) is 0 Å². The average molecular weight is 403 g/mol. The van der Waals surface area contributed by atoms with Crippen molar-refractivity contribution in [3.63, 3.8) is 0 Å². The molecule has 0 amide bonds. The Hall–Kier alpha value is -0.430. The fraction of sp³-hybridized carbons (Fsp3) is 0.750. The normalized spacial score (nSPS) is 17.1. The first kappa shape index (κ1) is 16.9. The van der Waals surface area contributed by atoms with Crippen molar-refractivity contribution in [3.05, 3.63) is 15.1 Å². The summed E-state index contributed by atoms with van der Waals surface area (Å²) in [7, 11) is 1.93. The summed E-state index contributed by atoms with van der Waals surface area (Å²) in [5.74, 6) is 2.39. The van der Waals surface area contributed by atoms with Crippen LogP contribution in [0.25, 0.3) is 0 Å². The van der Waals surface area contributed by atoms with Gasteiger partial charge in [0.25, 0.3) is 0 Å². The second kappa shape index (κ2) is 8.27. The Morgan fingerprint density at radius 3 is 2.57 bits per heavy atom. The van der Waals surface area contributed by atoms with Gasteiger partial charge in [-0.25, -0.2) is 9.97 Å². The molecule has 4 nitrogen and oxygen atoms in total. The maximum absolute atomic E-state index is 5.87. The predicted molar refractivity (Wildman–Crippen MR) is 94.8 cm³/mol. The molecule has 2 rings (SSSR count). The van der Waals surface area contributed by atoms with Crippen molar-refractivity contribution >= 4 is 28.4 Å². The van der Waals surface area contributed by atoms with Crippen LogP contribution in [-0.4, -0.2) is 23.6 Å². The molecule has 0 bridgehead atoms. The number of halogens is 1. The highest BCUT2D eigenvalue weighted by Crippen LogP contribution is 2.37. The molecule has 1 aliphatic carbocycles. The molecule has 0 aromatic carbocycles. The Balaban J connectivity index is 2.38. The molecular formula is C16H26IN3O. The molecule has 0 saturated heterocycles. The van der Waals surface area contributed by atoms with E-state index in [2.05, 4.69) is 34.8 Å². The lowest BCUT2D eigenvalue weighted by Gasteiger charge is -2.20. The molecule has 1 unspecified atom stereocenters. The number of rotatable bonds is 7. The van der Waals surface area contributed by atoms with E-state index < -0.39 is 0 Å². The highest BCUT2D eigenvalue weighted by Gasteiger charge is 2.25. The Morgan fingerprint density at radius 1 is 1.29 bits per heavy atom. The van der Waals surface area contributed by atoms with E-state index in [0.29, 0.717) is 12.5 Å². The summed E-state index contributed by atoms with van der Waals surface area (Å²) in [6.45, 7) is 4.91. The molecule has 0 aliphatic heterocycles. The lowest BCUT2D eigenvalue weighted by atomic mass is 10.0. The van der Waals surface area contributed by atoms with Gasteiger partial charge in [-0.2, -0.15) is 0 Å². The molecule has 1 N–H and O–H groups in total. The number of ether oxygens (including phenoxy) is 1. The van der Waals surface area contributed by atoms with Gasteiger partial charge in [0.15, 0.2) is 5.82 Å². The maximum Gasteiger partial charge on any atom is 0.159 e. The lowest BCUT2D eigenvalue weighted by Crippen LogP contribution is -2.15. The van der Waals surface area contributed by atoms with Crippen molar-refractivity contribution in [2.24, 2.45) is 0 Å². The SMILES string of the molecule is CCCC(OCC)c1nc(NC)c(I)c(C2CCCC2)n1. The summed E-state index contributed by atoms with van der Waals surface area (Å²) in [6.07, 6.45) is 7.21. The molecule has 1 heterocycles. The zero-order chi connectivity index (χ0) is 15.2. The van der Waals surface area contributed by atoms with Crippen LogP contribution in [0.3, 0.4) is 0 Å². The first-order valence-electron chi connectivity index (χ1n) is 8.07. The second-order valence-corrected chi connectivity index (χ2v) is 6.67. The quantitative estimate of drug-likeness (QED) is 0.673. The number of hydrogen-bond donors (Lipinski definition) is 1. The van der Waals surface area contributed by atoms with Gasteiger partial charge < -0.3 is 10.1 Å². The van der Waals surface area contributed by atoms with Crippen LogP contribution in [0.1, 0.15) is 75.9 Å². The van der Waals surface area contributed by atoms with Gasteiger partial charge >= 0.3 is 0 Å². The van der Waals surface area contributed by atoms with Crippen LogP contribution in [0, 0.1) is 3.57 Å². The molecule has 1 aromatic rings. The highest BCUT2D eigenvalue weighted by molar-refractivity contribution is 14.1. The summed E-state index contributed by atoms with van der Waals surface area (Å²) < 4.78 is 7.05. The van der Waals surface area contributed by atoms with E-state index >= 15 is 0 Å².